The number of carbonyl (C=O) groups excluding carboxylic acids is 2. The van der Waals surface area contributed by atoms with Crippen molar-refractivity contribution in [1.29, 1.82) is 0 Å². The predicted molar refractivity (Wildman–Crippen MR) is 121 cm³/mol. The number of carbonyl (C=O) groups is 2. The number of rotatable bonds is 2. The molecular formula is C26H20BrNO3. The molecule has 3 aliphatic rings. The van der Waals surface area contributed by atoms with Gasteiger partial charge in [-0.1, -0.05) is 70.5 Å². The maximum Gasteiger partial charge on any atom is 0.241 e. The van der Waals surface area contributed by atoms with Gasteiger partial charge in [-0.3, -0.25) is 9.59 Å². The van der Waals surface area contributed by atoms with Gasteiger partial charge in [0.2, 0.25) is 5.91 Å². The van der Waals surface area contributed by atoms with Crippen molar-refractivity contribution < 1.29 is 14.3 Å². The maximum absolute atomic E-state index is 14.2. The Morgan fingerprint density at radius 3 is 2.61 bits per heavy atom. The monoisotopic (exact) mass is 473 g/mol. The van der Waals surface area contributed by atoms with Crippen molar-refractivity contribution in [2.24, 2.45) is 0 Å². The summed E-state index contributed by atoms with van der Waals surface area (Å²) in [5.74, 6) is -0.0434. The molecule has 1 aliphatic carbocycles. The van der Waals surface area contributed by atoms with E-state index < -0.39 is 5.41 Å². The van der Waals surface area contributed by atoms with Crippen LogP contribution in [0.15, 0.2) is 77.3 Å². The van der Waals surface area contributed by atoms with Crippen LogP contribution in [0.1, 0.15) is 39.4 Å². The Labute approximate surface area is 189 Å². The minimum atomic E-state index is -0.813. The second-order valence-electron chi connectivity index (χ2n) is 8.55. The summed E-state index contributed by atoms with van der Waals surface area (Å²) in [4.78, 5) is 28.8. The highest BCUT2D eigenvalue weighted by Gasteiger charge is 2.63. The summed E-state index contributed by atoms with van der Waals surface area (Å²) in [7, 11) is 0. The number of benzene rings is 3. The van der Waals surface area contributed by atoms with E-state index >= 15 is 0 Å². The first-order valence-electron chi connectivity index (χ1n) is 10.5. The van der Waals surface area contributed by atoms with Crippen LogP contribution in [0.2, 0.25) is 0 Å². The number of hydrogen-bond acceptors (Lipinski definition) is 3. The van der Waals surface area contributed by atoms with Crippen LogP contribution in [0.5, 0.6) is 0 Å². The fourth-order valence-corrected chi connectivity index (χ4v) is 6.02. The Balaban J connectivity index is 1.53. The largest absolute Gasteiger partial charge is 0.376 e. The fraction of sp³-hybridized carbons (Fsp3) is 0.231. The van der Waals surface area contributed by atoms with Gasteiger partial charge in [0.15, 0.2) is 5.78 Å². The van der Waals surface area contributed by atoms with E-state index in [1.54, 1.807) is 0 Å². The summed E-state index contributed by atoms with van der Waals surface area (Å²) < 4.78 is 7.11. The molecule has 0 aromatic heterocycles. The molecule has 6 rings (SSSR count). The Morgan fingerprint density at radius 2 is 1.77 bits per heavy atom. The van der Waals surface area contributed by atoms with Crippen LogP contribution in [0.4, 0.5) is 5.69 Å². The van der Waals surface area contributed by atoms with Gasteiger partial charge in [-0.25, -0.2) is 0 Å². The third-order valence-electron chi connectivity index (χ3n) is 6.95. The number of nitrogens with zero attached hydrogens (tertiary/aromatic N) is 1. The molecule has 154 valence electrons. The second kappa shape index (κ2) is 6.87. The van der Waals surface area contributed by atoms with Crippen molar-refractivity contribution in [3.05, 3.63) is 99.5 Å². The molecule has 0 saturated carbocycles. The van der Waals surface area contributed by atoms with Crippen molar-refractivity contribution >= 4 is 33.3 Å². The summed E-state index contributed by atoms with van der Waals surface area (Å²) in [6.45, 7) is 0.808. The molecule has 2 heterocycles. The molecule has 1 saturated heterocycles. The highest BCUT2D eigenvalue weighted by atomic mass is 79.9. The lowest BCUT2D eigenvalue weighted by Crippen LogP contribution is -2.46. The van der Waals surface area contributed by atoms with Crippen LogP contribution in [0, 0.1) is 0 Å². The minimum Gasteiger partial charge on any atom is -0.376 e. The molecule has 1 spiro atoms. The average molecular weight is 474 g/mol. The maximum atomic E-state index is 14.2. The number of ether oxygens (including phenoxy) is 1. The van der Waals surface area contributed by atoms with E-state index in [4.69, 9.17) is 4.74 Å². The van der Waals surface area contributed by atoms with Gasteiger partial charge in [-0.15, -0.1) is 0 Å². The van der Waals surface area contributed by atoms with E-state index in [0.717, 1.165) is 26.9 Å². The Bertz CT molecular complexity index is 1220. The highest BCUT2D eigenvalue weighted by molar-refractivity contribution is 9.10. The number of para-hydroxylation sites is 1. The number of anilines is 1. The second-order valence-corrected chi connectivity index (χ2v) is 9.47. The fourth-order valence-electron chi connectivity index (χ4n) is 5.64. The van der Waals surface area contributed by atoms with Gasteiger partial charge in [0.05, 0.1) is 19.3 Å². The van der Waals surface area contributed by atoms with Crippen molar-refractivity contribution in [3.8, 4) is 0 Å². The molecule has 3 aromatic rings. The van der Waals surface area contributed by atoms with Gasteiger partial charge in [0, 0.05) is 28.1 Å². The SMILES string of the molecule is O=C1C[C@H]2OC[C@]3(C(=O)N(Cc4ccccc4)c4ccccc43)[C@H]2c2cc(Br)ccc21. The molecule has 3 atom stereocenters. The summed E-state index contributed by atoms with van der Waals surface area (Å²) in [5, 5.41) is 0. The minimum absolute atomic E-state index is 0.0605. The van der Waals surface area contributed by atoms with Crippen LogP contribution in [0.3, 0.4) is 0 Å². The smallest absolute Gasteiger partial charge is 0.241 e. The summed E-state index contributed by atoms with van der Waals surface area (Å²) in [6, 6.07) is 23.9. The first kappa shape index (κ1) is 19.0. The van der Waals surface area contributed by atoms with E-state index in [2.05, 4.69) is 22.0 Å². The Kier molecular flexibility index (Phi) is 4.20. The lowest BCUT2D eigenvalue weighted by Gasteiger charge is -2.35. The van der Waals surface area contributed by atoms with Gasteiger partial charge in [0.1, 0.15) is 5.41 Å². The van der Waals surface area contributed by atoms with Gasteiger partial charge >= 0.3 is 0 Å². The van der Waals surface area contributed by atoms with E-state index in [0.29, 0.717) is 25.1 Å². The standard InChI is InChI=1S/C26H20BrNO3/c27-17-10-11-18-19(12-17)24-23(13-22(18)29)31-15-26(24)20-8-4-5-9-21(20)28(25(26)30)14-16-6-2-1-3-7-16/h1-12,23-24H,13-15H2/t23-,24+,26-/m1/s1. The third-order valence-corrected chi connectivity index (χ3v) is 7.44. The van der Waals surface area contributed by atoms with E-state index in [9.17, 15) is 9.59 Å². The molecule has 1 fully saturated rings. The first-order chi connectivity index (χ1) is 15.1. The number of Topliss-reactive ketones (excluding diaryl/α,β-unsaturated/α-hetero) is 1. The number of fused-ring (bicyclic) bond motifs is 6. The highest BCUT2D eigenvalue weighted by Crippen LogP contribution is 2.58. The van der Waals surface area contributed by atoms with Gasteiger partial charge in [0.25, 0.3) is 0 Å². The normalized spacial score (nSPS) is 26.2. The zero-order valence-electron chi connectivity index (χ0n) is 16.8. The summed E-state index contributed by atoms with van der Waals surface area (Å²) >= 11 is 3.56. The molecule has 3 aromatic carbocycles. The first-order valence-corrected chi connectivity index (χ1v) is 11.3. The molecule has 0 radical (unpaired) electrons. The number of amides is 1. The lowest BCUT2D eigenvalue weighted by atomic mass is 9.64. The zero-order valence-corrected chi connectivity index (χ0v) is 18.3. The van der Waals surface area contributed by atoms with Gasteiger partial charge in [-0.05, 0) is 34.9 Å². The number of ketones is 1. The Hall–Kier alpha value is -2.76. The van der Waals surface area contributed by atoms with Crippen molar-refractivity contribution in [2.75, 3.05) is 11.5 Å². The molecule has 0 unspecified atom stereocenters. The molecule has 31 heavy (non-hydrogen) atoms. The lowest BCUT2D eigenvalue weighted by molar-refractivity contribution is -0.123. The number of hydrogen-bond donors (Lipinski definition) is 0. The predicted octanol–water partition coefficient (Wildman–Crippen LogP) is 5.00. The van der Waals surface area contributed by atoms with Gasteiger partial charge in [-0.2, -0.15) is 0 Å². The van der Waals surface area contributed by atoms with E-state index in [1.165, 1.54) is 0 Å². The van der Waals surface area contributed by atoms with Crippen LogP contribution in [0.25, 0.3) is 0 Å². The quantitative estimate of drug-likeness (QED) is 0.525. The van der Waals surface area contributed by atoms with Crippen LogP contribution >= 0.6 is 15.9 Å². The van der Waals surface area contributed by atoms with Crippen molar-refractivity contribution in [3.63, 3.8) is 0 Å². The molecule has 0 bridgehead atoms. The molecule has 0 N–H and O–H groups in total. The number of halogens is 1. The zero-order chi connectivity index (χ0) is 21.2. The van der Waals surface area contributed by atoms with Crippen molar-refractivity contribution in [2.45, 2.75) is 30.4 Å². The van der Waals surface area contributed by atoms with Crippen molar-refractivity contribution in [1.82, 2.24) is 0 Å². The third kappa shape index (κ3) is 2.63. The van der Waals surface area contributed by atoms with Crippen LogP contribution in [-0.2, 0) is 21.5 Å². The van der Waals surface area contributed by atoms with Crippen LogP contribution in [-0.4, -0.2) is 24.4 Å². The molecule has 4 nitrogen and oxygen atoms in total. The van der Waals surface area contributed by atoms with E-state index in [1.807, 2.05) is 71.6 Å². The molecular weight excluding hydrogens is 454 g/mol. The summed E-state index contributed by atoms with van der Waals surface area (Å²) in [6.07, 6.45) is 0.0258. The average Bonchev–Trinajstić information content (AvgIpc) is 3.27. The van der Waals surface area contributed by atoms with Crippen LogP contribution < -0.4 is 4.90 Å². The topological polar surface area (TPSA) is 46.6 Å². The van der Waals surface area contributed by atoms with Gasteiger partial charge < -0.3 is 9.64 Å². The molecule has 1 amide bonds. The summed E-state index contributed by atoms with van der Waals surface area (Å²) in [5.41, 5.74) is 3.84. The molecule has 2 aliphatic heterocycles. The Morgan fingerprint density at radius 1 is 1.00 bits per heavy atom. The molecule has 5 heteroatoms. The van der Waals surface area contributed by atoms with E-state index in [-0.39, 0.29) is 23.7 Å².